The summed E-state index contributed by atoms with van der Waals surface area (Å²) in [6.07, 6.45) is 3.69. The summed E-state index contributed by atoms with van der Waals surface area (Å²) in [5, 5.41) is 2.68. The Labute approximate surface area is 128 Å². The van der Waals surface area contributed by atoms with Gasteiger partial charge in [0.2, 0.25) is 0 Å². The van der Waals surface area contributed by atoms with Crippen molar-refractivity contribution < 1.29 is 14.3 Å². The van der Waals surface area contributed by atoms with Crippen molar-refractivity contribution >= 4 is 6.09 Å². The number of hydrogen-bond acceptors (Lipinski definition) is 5. The predicted octanol–water partition coefficient (Wildman–Crippen LogP) is 2.11. The van der Waals surface area contributed by atoms with Gasteiger partial charge < -0.3 is 14.8 Å². The second-order valence-corrected chi connectivity index (χ2v) is 4.97. The van der Waals surface area contributed by atoms with Gasteiger partial charge in [-0.25, -0.2) is 14.8 Å². The summed E-state index contributed by atoms with van der Waals surface area (Å²) in [4.78, 5) is 19.7. The molecule has 0 bridgehead atoms. The maximum absolute atomic E-state index is 11.2. The number of nitrogens with zero attached hydrogens (tertiary/aromatic N) is 2. The number of amides is 1. The zero-order valence-corrected chi connectivity index (χ0v) is 12.3. The van der Waals surface area contributed by atoms with Crippen LogP contribution in [0.4, 0.5) is 4.79 Å². The van der Waals surface area contributed by atoms with Gasteiger partial charge in [-0.3, -0.25) is 0 Å². The summed E-state index contributed by atoms with van der Waals surface area (Å²) in [5.41, 5.74) is 3.27. The van der Waals surface area contributed by atoms with Gasteiger partial charge in [0.05, 0.1) is 20.3 Å². The molecule has 0 saturated heterocycles. The second-order valence-electron chi connectivity index (χ2n) is 4.97. The van der Waals surface area contributed by atoms with Gasteiger partial charge in [0, 0.05) is 18.0 Å². The molecular weight excluding hydrogens is 282 g/mol. The van der Waals surface area contributed by atoms with E-state index in [1.165, 1.54) is 12.7 Å². The lowest BCUT2D eigenvalue weighted by molar-refractivity contribution is 0.0420. The van der Waals surface area contributed by atoms with E-state index in [1.807, 2.05) is 12.1 Å². The van der Waals surface area contributed by atoms with Crippen molar-refractivity contribution in [3.05, 3.63) is 47.8 Å². The van der Waals surface area contributed by atoms with Crippen LogP contribution < -0.4 is 5.32 Å². The predicted molar refractivity (Wildman–Crippen MR) is 80.3 cm³/mol. The first kappa shape index (κ1) is 14.5. The molecule has 6 heteroatoms. The van der Waals surface area contributed by atoms with Gasteiger partial charge in [0.15, 0.2) is 5.82 Å². The molecule has 0 fully saturated rings. The first-order valence-corrected chi connectivity index (χ1v) is 7.11. The number of nitrogens with one attached hydrogen (secondary N) is 1. The molecule has 2 heterocycles. The fourth-order valence-electron chi connectivity index (χ4n) is 2.54. The molecule has 22 heavy (non-hydrogen) atoms. The third-order valence-electron chi connectivity index (χ3n) is 3.62. The molecule has 2 aromatic rings. The summed E-state index contributed by atoms with van der Waals surface area (Å²) in [5.74, 6) is 0.709. The van der Waals surface area contributed by atoms with Crippen molar-refractivity contribution in [3.63, 3.8) is 0 Å². The van der Waals surface area contributed by atoms with Crippen molar-refractivity contribution in [2.45, 2.75) is 12.5 Å². The van der Waals surface area contributed by atoms with E-state index in [4.69, 9.17) is 4.74 Å². The van der Waals surface area contributed by atoms with Gasteiger partial charge in [-0.1, -0.05) is 12.1 Å². The normalized spacial score (nSPS) is 16.7. The number of hydrogen-bond donors (Lipinski definition) is 1. The van der Waals surface area contributed by atoms with Crippen LogP contribution in [0.5, 0.6) is 0 Å². The monoisotopic (exact) mass is 299 g/mol. The van der Waals surface area contributed by atoms with Crippen LogP contribution in [0.25, 0.3) is 11.4 Å². The highest BCUT2D eigenvalue weighted by Gasteiger charge is 2.22. The van der Waals surface area contributed by atoms with E-state index in [0.29, 0.717) is 19.0 Å². The third kappa shape index (κ3) is 3.07. The Bertz CT molecular complexity index is 661. The molecule has 1 unspecified atom stereocenters. The first-order chi connectivity index (χ1) is 10.8. The number of carbonyl (C=O) groups is 1. The van der Waals surface area contributed by atoms with Crippen LogP contribution in [-0.4, -0.2) is 36.3 Å². The van der Waals surface area contributed by atoms with E-state index in [-0.39, 0.29) is 6.10 Å². The summed E-state index contributed by atoms with van der Waals surface area (Å²) in [6.45, 7) is 1.01. The molecule has 1 aliphatic heterocycles. The fraction of sp³-hybridized carbons (Fsp3) is 0.312. The maximum Gasteiger partial charge on any atom is 0.406 e. The highest BCUT2D eigenvalue weighted by Crippen LogP contribution is 2.29. The zero-order valence-electron chi connectivity index (χ0n) is 12.3. The minimum Gasteiger partial charge on any atom is -0.453 e. The van der Waals surface area contributed by atoms with Crippen LogP contribution >= 0.6 is 0 Å². The number of fused-ring (bicyclic) bond motifs is 1. The maximum atomic E-state index is 11.2. The highest BCUT2D eigenvalue weighted by molar-refractivity contribution is 5.67. The fourth-order valence-corrected chi connectivity index (χ4v) is 2.54. The molecule has 1 aromatic heterocycles. The minimum absolute atomic E-state index is 0.159. The van der Waals surface area contributed by atoms with Gasteiger partial charge >= 0.3 is 6.09 Å². The lowest BCUT2D eigenvalue weighted by Crippen LogP contribution is -2.31. The van der Waals surface area contributed by atoms with Crippen molar-refractivity contribution in [1.29, 1.82) is 0 Å². The largest absolute Gasteiger partial charge is 0.453 e. The van der Waals surface area contributed by atoms with E-state index in [1.54, 1.807) is 18.5 Å². The number of aromatic nitrogens is 2. The lowest BCUT2D eigenvalue weighted by Gasteiger charge is -2.26. The molecule has 0 radical (unpaired) electrons. The van der Waals surface area contributed by atoms with Crippen LogP contribution in [-0.2, 0) is 15.9 Å². The number of ether oxygens (including phenoxy) is 2. The van der Waals surface area contributed by atoms with E-state index in [2.05, 4.69) is 26.1 Å². The highest BCUT2D eigenvalue weighted by atomic mass is 16.5. The number of rotatable bonds is 3. The van der Waals surface area contributed by atoms with Gasteiger partial charge in [0.1, 0.15) is 6.10 Å². The van der Waals surface area contributed by atoms with Crippen LogP contribution in [0, 0.1) is 0 Å². The third-order valence-corrected chi connectivity index (χ3v) is 3.62. The van der Waals surface area contributed by atoms with E-state index in [9.17, 15) is 4.79 Å². The Kier molecular flexibility index (Phi) is 4.29. The van der Waals surface area contributed by atoms with Gasteiger partial charge in [-0.15, -0.1) is 0 Å². The molecule has 0 spiro atoms. The van der Waals surface area contributed by atoms with Crippen LogP contribution in [0.3, 0.4) is 0 Å². The Morgan fingerprint density at radius 1 is 1.41 bits per heavy atom. The Hall–Kier alpha value is -2.47. The lowest BCUT2D eigenvalue weighted by atomic mass is 9.95. The minimum atomic E-state index is -0.454. The first-order valence-electron chi connectivity index (χ1n) is 7.11. The molecule has 3 rings (SSSR count). The molecular formula is C16H17N3O3. The molecule has 0 aliphatic carbocycles. The van der Waals surface area contributed by atoms with Crippen molar-refractivity contribution in [2.24, 2.45) is 0 Å². The number of alkyl carbamates (subject to hydrolysis) is 1. The van der Waals surface area contributed by atoms with Crippen molar-refractivity contribution in [1.82, 2.24) is 15.3 Å². The van der Waals surface area contributed by atoms with E-state index < -0.39 is 6.09 Å². The number of benzene rings is 1. The quantitative estimate of drug-likeness (QED) is 0.939. The SMILES string of the molecule is COC(=O)NCC1OCCc2cc(-c3ncccn3)ccc21. The van der Waals surface area contributed by atoms with E-state index in [0.717, 1.165) is 17.5 Å². The topological polar surface area (TPSA) is 73.3 Å². The Morgan fingerprint density at radius 3 is 3.00 bits per heavy atom. The van der Waals surface area contributed by atoms with Gasteiger partial charge in [-0.05, 0) is 29.7 Å². The average molecular weight is 299 g/mol. The summed E-state index contributed by atoms with van der Waals surface area (Å²) in [6, 6.07) is 7.89. The Balaban J connectivity index is 1.82. The molecule has 1 N–H and O–H groups in total. The number of carbonyl (C=O) groups excluding carboxylic acids is 1. The summed E-state index contributed by atoms with van der Waals surface area (Å²) < 4.78 is 10.3. The van der Waals surface area contributed by atoms with Crippen LogP contribution in [0.15, 0.2) is 36.7 Å². The van der Waals surface area contributed by atoms with Crippen molar-refractivity contribution in [2.75, 3.05) is 20.3 Å². The molecule has 1 amide bonds. The Morgan fingerprint density at radius 2 is 2.23 bits per heavy atom. The standard InChI is InChI=1S/C16H17N3O3/c1-21-16(20)19-10-14-13-4-3-12(9-11(13)5-8-22-14)15-17-6-2-7-18-15/h2-4,6-7,9,14H,5,8,10H2,1H3,(H,19,20). The van der Waals surface area contributed by atoms with E-state index >= 15 is 0 Å². The molecule has 6 nitrogen and oxygen atoms in total. The molecule has 114 valence electrons. The van der Waals surface area contributed by atoms with Gasteiger partial charge in [0.25, 0.3) is 0 Å². The molecule has 1 atom stereocenters. The van der Waals surface area contributed by atoms with Crippen LogP contribution in [0.1, 0.15) is 17.2 Å². The molecule has 1 aromatic carbocycles. The smallest absolute Gasteiger partial charge is 0.406 e. The van der Waals surface area contributed by atoms with Crippen molar-refractivity contribution in [3.8, 4) is 11.4 Å². The van der Waals surface area contributed by atoms with Crippen LogP contribution in [0.2, 0.25) is 0 Å². The molecule has 0 saturated carbocycles. The number of methoxy groups -OCH3 is 1. The summed E-state index contributed by atoms with van der Waals surface area (Å²) >= 11 is 0. The second kappa shape index (κ2) is 6.53. The zero-order chi connectivity index (χ0) is 15.4. The molecule has 1 aliphatic rings. The van der Waals surface area contributed by atoms with Gasteiger partial charge in [-0.2, -0.15) is 0 Å². The average Bonchev–Trinajstić information content (AvgIpc) is 2.59. The summed E-state index contributed by atoms with van der Waals surface area (Å²) in [7, 11) is 1.34.